The van der Waals surface area contributed by atoms with E-state index in [1.807, 2.05) is 30.3 Å². The molecule has 0 bridgehead atoms. The zero-order valence-electron chi connectivity index (χ0n) is 14.3. The molecule has 132 valence electrons. The second-order valence-corrected chi connectivity index (χ2v) is 5.75. The molecule has 7 heteroatoms. The number of nitrogens with one attached hydrogen (secondary N) is 1. The van der Waals surface area contributed by atoms with Crippen LogP contribution in [0.3, 0.4) is 0 Å². The van der Waals surface area contributed by atoms with Crippen LogP contribution in [0.1, 0.15) is 24.1 Å². The number of carbonyl (C=O) groups excluding carboxylic acids is 1. The molecule has 0 aliphatic carbocycles. The Hall–Kier alpha value is -3.48. The molecule has 0 amide bonds. The number of allylic oxidation sites excluding steroid dienone is 1. The van der Waals surface area contributed by atoms with Crippen molar-refractivity contribution in [2.24, 2.45) is 4.99 Å². The summed E-state index contributed by atoms with van der Waals surface area (Å²) in [5, 5.41) is 14.0. The first-order chi connectivity index (χ1) is 12.5. The number of non-ortho nitro benzene ring substituents is 1. The topological polar surface area (TPSA) is 93.8 Å². The van der Waals surface area contributed by atoms with Crippen LogP contribution in [-0.2, 0) is 9.53 Å². The molecule has 0 radical (unpaired) electrons. The molecule has 1 atom stereocenters. The van der Waals surface area contributed by atoms with E-state index in [1.54, 1.807) is 19.1 Å². The van der Waals surface area contributed by atoms with Gasteiger partial charge in [0.2, 0.25) is 0 Å². The molecule has 1 N–H and O–H groups in total. The lowest BCUT2D eigenvalue weighted by Gasteiger charge is -2.26. The molecular formula is C19H17N3O4. The van der Waals surface area contributed by atoms with Crippen LogP contribution in [0.4, 0.5) is 5.69 Å². The predicted molar refractivity (Wildman–Crippen MR) is 96.7 cm³/mol. The number of amidine groups is 1. The van der Waals surface area contributed by atoms with Crippen LogP contribution in [0.25, 0.3) is 0 Å². The molecular weight excluding hydrogens is 334 g/mol. The Morgan fingerprint density at radius 2 is 1.81 bits per heavy atom. The summed E-state index contributed by atoms with van der Waals surface area (Å²) < 4.78 is 4.90. The predicted octanol–water partition coefficient (Wildman–Crippen LogP) is 3.13. The van der Waals surface area contributed by atoms with Crippen LogP contribution in [0.15, 0.2) is 70.9 Å². The van der Waals surface area contributed by atoms with Crippen molar-refractivity contribution in [2.45, 2.75) is 13.0 Å². The van der Waals surface area contributed by atoms with Crippen LogP contribution in [0, 0.1) is 10.1 Å². The average Bonchev–Trinajstić information content (AvgIpc) is 2.67. The third-order valence-corrected chi connectivity index (χ3v) is 4.11. The summed E-state index contributed by atoms with van der Waals surface area (Å²) in [7, 11) is 1.31. The Balaban J connectivity index is 2.08. The summed E-state index contributed by atoms with van der Waals surface area (Å²) in [5.74, 6) is 0.133. The second-order valence-electron chi connectivity index (χ2n) is 5.75. The molecule has 0 fully saturated rings. The number of aliphatic imine (C=N–C) groups is 1. The number of esters is 1. The number of hydrogen-bond donors (Lipinski definition) is 1. The fourth-order valence-corrected chi connectivity index (χ4v) is 2.81. The highest BCUT2D eigenvalue weighted by atomic mass is 16.6. The molecule has 0 aromatic heterocycles. The molecule has 7 nitrogen and oxygen atoms in total. The maximum atomic E-state index is 12.3. The van der Waals surface area contributed by atoms with Crippen LogP contribution in [0.2, 0.25) is 0 Å². The van der Waals surface area contributed by atoms with Crippen molar-refractivity contribution in [1.29, 1.82) is 0 Å². The van der Waals surface area contributed by atoms with Gasteiger partial charge < -0.3 is 10.1 Å². The highest BCUT2D eigenvalue weighted by Gasteiger charge is 2.30. The van der Waals surface area contributed by atoms with E-state index >= 15 is 0 Å². The molecule has 1 aliphatic rings. The lowest BCUT2D eigenvalue weighted by molar-refractivity contribution is -0.384. The molecule has 2 aromatic rings. The summed E-state index contributed by atoms with van der Waals surface area (Å²) in [4.78, 5) is 27.4. The lowest BCUT2D eigenvalue weighted by atomic mass is 9.95. The largest absolute Gasteiger partial charge is 0.466 e. The molecule has 3 rings (SSSR count). The minimum atomic E-state index is -0.611. The van der Waals surface area contributed by atoms with Crippen LogP contribution in [0.5, 0.6) is 0 Å². The van der Waals surface area contributed by atoms with Gasteiger partial charge in [0, 0.05) is 23.4 Å². The maximum Gasteiger partial charge on any atom is 0.338 e. The monoisotopic (exact) mass is 351 g/mol. The number of ether oxygens (including phenoxy) is 1. The van der Waals surface area contributed by atoms with Crippen molar-refractivity contribution in [3.63, 3.8) is 0 Å². The SMILES string of the molecule is COC(=O)C1=C(C)NC(c2ccccc2)=NC1c1ccc([N+](=O)[O-])cc1. The number of hydrogen-bond acceptors (Lipinski definition) is 6. The number of nitro groups is 1. The van der Waals surface area contributed by atoms with Gasteiger partial charge in [-0.05, 0) is 24.6 Å². The Bertz CT molecular complexity index is 902. The van der Waals surface area contributed by atoms with Gasteiger partial charge in [-0.2, -0.15) is 0 Å². The summed E-state index contributed by atoms with van der Waals surface area (Å²) in [5.41, 5.74) is 2.54. The molecule has 2 aromatic carbocycles. The number of benzene rings is 2. The smallest absolute Gasteiger partial charge is 0.338 e. The maximum absolute atomic E-state index is 12.3. The van der Waals surface area contributed by atoms with E-state index in [-0.39, 0.29) is 5.69 Å². The second kappa shape index (κ2) is 7.18. The van der Waals surface area contributed by atoms with E-state index in [4.69, 9.17) is 4.74 Å². The van der Waals surface area contributed by atoms with Gasteiger partial charge >= 0.3 is 5.97 Å². The summed E-state index contributed by atoms with van der Waals surface area (Å²) in [6.45, 7) is 1.78. The standard InChI is InChI=1S/C19H17N3O4/c1-12-16(19(23)26-2)17(13-8-10-15(11-9-13)22(24)25)21-18(20-12)14-6-4-3-5-7-14/h3-11,17H,1-2H3,(H,20,21). The highest BCUT2D eigenvalue weighted by molar-refractivity contribution is 6.03. The van der Waals surface area contributed by atoms with Crippen molar-refractivity contribution in [3.05, 3.63) is 87.1 Å². The minimum Gasteiger partial charge on any atom is -0.466 e. The summed E-state index contributed by atoms with van der Waals surface area (Å²) in [6, 6.07) is 14.9. The number of nitrogens with zero attached hydrogens (tertiary/aromatic N) is 2. The highest BCUT2D eigenvalue weighted by Crippen LogP contribution is 2.33. The van der Waals surface area contributed by atoms with Crippen molar-refractivity contribution < 1.29 is 14.5 Å². The van der Waals surface area contributed by atoms with Gasteiger partial charge in [0.05, 0.1) is 17.6 Å². The number of carbonyl (C=O) groups is 1. The van der Waals surface area contributed by atoms with Crippen molar-refractivity contribution in [1.82, 2.24) is 5.32 Å². The van der Waals surface area contributed by atoms with Gasteiger partial charge in [0.1, 0.15) is 11.9 Å². The first kappa shape index (κ1) is 17.3. The van der Waals surface area contributed by atoms with Gasteiger partial charge in [0.25, 0.3) is 5.69 Å². The Morgan fingerprint density at radius 1 is 1.15 bits per heavy atom. The Labute approximate surface area is 150 Å². The fraction of sp³-hybridized carbons (Fsp3) is 0.158. The first-order valence-corrected chi connectivity index (χ1v) is 7.95. The third kappa shape index (κ3) is 3.32. The average molecular weight is 351 g/mol. The Kier molecular flexibility index (Phi) is 4.79. The van der Waals surface area contributed by atoms with Crippen molar-refractivity contribution >= 4 is 17.5 Å². The van der Waals surface area contributed by atoms with Gasteiger partial charge in [-0.15, -0.1) is 0 Å². The van der Waals surface area contributed by atoms with Crippen LogP contribution >= 0.6 is 0 Å². The van der Waals surface area contributed by atoms with E-state index in [0.29, 0.717) is 22.7 Å². The summed E-state index contributed by atoms with van der Waals surface area (Å²) >= 11 is 0. The van der Waals surface area contributed by atoms with Crippen LogP contribution < -0.4 is 5.32 Å². The van der Waals surface area contributed by atoms with Gasteiger partial charge in [0.15, 0.2) is 0 Å². The third-order valence-electron chi connectivity index (χ3n) is 4.11. The Morgan fingerprint density at radius 3 is 2.38 bits per heavy atom. The van der Waals surface area contributed by atoms with Gasteiger partial charge in [-0.25, -0.2) is 4.79 Å². The summed E-state index contributed by atoms with van der Waals surface area (Å²) in [6.07, 6.45) is 0. The number of rotatable bonds is 4. The van der Waals surface area contributed by atoms with E-state index in [1.165, 1.54) is 19.2 Å². The molecule has 0 saturated carbocycles. The molecule has 1 heterocycles. The van der Waals surface area contributed by atoms with Crippen molar-refractivity contribution in [2.75, 3.05) is 7.11 Å². The van der Waals surface area contributed by atoms with Gasteiger partial charge in [-0.3, -0.25) is 15.1 Å². The molecule has 1 unspecified atom stereocenters. The van der Waals surface area contributed by atoms with E-state index in [2.05, 4.69) is 10.3 Å². The molecule has 26 heavy (non-hydrogen) atoms. The van der Waals surface area contributed by atoms with Gasteiger partial charge in [-0.1, -0.05) is 30.3 Å². The minimum absolute atomic E-state index is 0.0183. The lowest BCUT2D eigenvalue weighted by Crippen LogP contribution is -2.32. The van der Waals surface area contributed by atoms with Crippen LogP contribution in [-0.4, -0.2) is 23.8 Å². The quantitative estimate of drug-likeness (QED) is 0.519. The number of methoxy groups -OCH3 is 1. The normalized spacial score (nSPS) is 16.5. The fourth-order valence-electron chi connectivity index (χ4n) is 2.81. The number of nitro benzene ring substituents is 1. The molecule has 0 spiro atoms. The van der Waals surface area contributed by atoms with E-state index in [9.17, 15) is 14.9 Å². The first-order valence-electron chi connectivity index (χ1n) is 7.95. The van der Waals surface area contributed by atoms with E-state index in [0.717, 1.165) is 5.56 Å². The zero-order valence-corrected chi connectivity index (χ0v) is 14.3. The zero-order chi connectivity index (χ0) is 18.7. The van der Waals surface area contributed by atoms with E-state index < -0.39 is 16.9 Å². The molecule has 0 saturated heterocycles. The molecule has 1 aliphatic heterocycles. The van der Waals surface area contributed by atoms with Crippen molar-refractivity contribution in [3.8, 4) is 0 Å².